The van der Waals surface area contributed by atoms with E-state index < -0.39 is 9.84 Å². The van der Waals surface area contributed by atoms with E-state index in [0.29, 0.717) is 11.3 Å². The molecule has 0 bridgehead atoms. The second-order valence-corrected chi connectivity index (χ2v) is 7.49. The Kier molecular flexibility index (Phi) is 5.62. The van der Waals surface area contributed by atoms with Gasteiger partial charge in [0.05, 0.1) is 4.90 Å². The van der Waals surface area contributed by atoms with Crippen LogP contribution >= 0.6 is 0 Å². The van der Waals surface area contributed by atoms with Crippen LogP contribution in [0.15, 0.2) is 53.4 Å². The van der Waals surface area contributed by atoms with Crippen LogP contribution in [0.3, 0.4) is 0 Å². The third-order valence-electron chi connectivity index (χ3n) is 3.78. The fourth-order valence-electron chi connectivity index (χ4n) is 2.42. The van der Waals surface area contributed by atoms with Crippen molar-refractivity contribution in [2.24, 2.45) is 0 Å². The maximum atomic E-state index is 12.3. The van der Waals surface area contributed by atoms with E-state index in [4.69, 9.17) is 0 Å². The van der Waals surface area contributed by atoms with Crippen molar-refractivity contribution in [2.45, 2.75) is 18.7 Å². The first-order valence-corrected chi connectivity index (χ1v) is 9.70. The first-order valence-electron chi connectivity index (χ1n) is 7.81. The van der Waals surface area contributed by atoms with E-state index >= 15 is 0 Å². The van der Waals surface area contributed by atoms with Gasteiger partial charge in [0.2, 0.25) is 0 Å². The average molecular weight is 346 g/mol. The van der Waals surface area contributed by atoms with Gasteiger partial charge < -0.3 is 10.2 Å². The zero-order chi connectivity index (χ0) is 17.7. The Bertz CT molecular complexity index is 810. The third-order valence-corrected chi connectivity index (χ3v) is 4.89. The number of hydrogen-bond acceptors (Lipinski definition) is 4. The van der Waals surface area contributed by atoms with Crippen molar-refractivity contribution in [3.63, 3.8) is 0 Å². The summed E-state index contributed by atoms with van der Waals surface area (Å²) in [5.41, 5.74) is 2.07. The van der Waals surface area contributed by atoms with Gasteiger partial charge in [-0.05, 0) is 56.3 Å². The first kappa shape index (κ1) is 18.0. The number of rotatable bonds is 6. The van der Waals surface area contributed by atoms with Crippen LogP contribution in [0.2, 0.25) is 0 Å². The summed E-state index contributed by atoms with van der Waals surface area (Å²) < 4.78 is 23.2. The average Bonchev–Trinajstić information content (AvgIpc) is 2.57. The molecule has 0 aliphatic heterocycles. The van der Waals surface area contributed by atoms with Gasteiger partial charge >= 0.3 is 0 Å². The van der Waals surface area contributed by atoms with Gasteiger partial charge in [-0.3, -0.25) is 4.79 Å². The minimum Gasteiger partial charge on any atom is -0.372 e. The van der Waals surface area contributed by atoms with Crippen LogP contribution in [0.4, 0.5) is 11.4 Å². The van der Waals surface area contributed by atoms with Gasteiger partial charge in [0.25, 0.3) is 5.91 Å². The predicted molar refractivity (Wildman–Crippen MR) is 97.5 cm³/mol. The molecule has 2 rings (SSSR count). The number of carbonyl (C=O) groups is 1. The fourth-order valence-corrected chi connectivity index (χ4v) is 3.08. The summed E-state index contributed by atoms with van der Waals surface area (Å²) in [7, 11) is -3.34. The van der Waals surface area contributed by atoms with Gasteiger partial charge in [-0.2, -0.15) is 0 Å². The Morgan fingerprint density at radius 3 is 2.21 bits per heavy atom. The maximum absolute atomic E-state index is 12.3. The van der Waals surface area contributed by atoms with Gasteiger partial charge in [0.1, 0.15) is 0 Å². The van der Waals surface area contributed by atoms with Crippen molar-refractivity contribution < 1.29 is 13.2 Å². The summed E-state index contributed by atoms with van der Waals surface area (Å²) in [5.74, 6) is -0.337. The molecule has 0 saturated heterocycles. The second kappa shape index (κ2) is 7.49. The monoisotopic (exact) mass is 346 g/mol. The summed E-state index contributed by atoms with van der Waals surface area (Å²) in [6.07, 6.45) is 1.12. The molecule has 0 unspecified atom stereocenters. The van der Waals surface area contributed by atoms with E-state index in [-0.39, 0.29) is 10.8 Å². The minimum absolute atomic E-state index is 0.132. The number of nitrogens with one attached hydrogen (secondary N) is 1. The Hall–Kier alpha value is -2.34. The molecule has 24 heavy (non-hydrogen) atoms. The molecule has 2 aromatic carbocycles. The standard InChI is InChI=1S/C18H22N2O3S/c1-4-20(5-2)16-11-9-15(10-12-16)19-18(21)14-7-6-8-17(13-14)24(3,22)23/h6-13H,4-5H2,1-3H3,(H,19,21). The van der Waals surface area contributed by atoms with Crippen molar-refractivity contribution >= 4 is 27.1 Å². The number of nitrogens with zero attached hydrogens (tertiary/aromatic N) is 1. The number of benzene rings is 2. The quantitative estimate of drug-likeness (QED) is 0.872. The van der Waals surface area contributed by atoms with E-state index in [0.717, 1.165) is 25.0 Å². The Balaban J connectivity index is 2.15. The van der Waals surface area contributed by atoms with E-state index in [1.54, 1.807) is 12.1 Å². The summed E-state index contributed by atoms with van der Waals surface area (Å²) in [6, 6.07) is 13.6. The zero-order valence-electron chi connectivity index (χ0n) is 14.1. The zero-order valence-corrected chi connectivity index (χ0v) is 14.9. The van der Waals surface area contributed by atoms with Crippen LogP contribution in [-0.4, -0.2) is 33.7 Å². The summed E-state index contributed by atoms with van der Waals surface area (Å²) in [5, 5.41) is 2.79. The highest BCUT2D eigenvalue weighted by Gasteiger charge is 2.12. The maximum Gasteiger partial charge on any atom is 0.255 e. The van der Waals surface area contributed by atoms with Crippen LogP contribution < -0.4 is 10.2 Å². The second-order valence-electron chi connectivity index (χ2n) is 5.47. The number of anilines is 2. The molecule has 0 spiro atoms. The van der Waals surface area contributed by atoms with Crippen LogP contribution in [-0.2, 0) is 9.84 Å². The molecule has 6 heteroatoms. The molecule has 0 saturated carbocycles. The van der Waals surface area contributed by atoms with Crippen molar-refractivity contribution in [2.75, 3.05) is 29.6 Å². The Morgan fingerprint density at radius 1 is 1.04 bits per heavy atom. The van der Waals surface area contributed by atoms with Gasteiger partial charge in [-0.1, -0.05) is 6.07 Å². The lowest BCUT2D eigenvalue weighted by molar-refractivity contribution is 0.102. The van der Waals surface area contributed by atoms with Crippen molar-refractivity contribution in [3.05, 3.63) is 54.1 Å². The van der Waals surface area contributed by atoms with E-state index in [2.05, 4.69) is 24.1 Å². The lowest BCUT2D eigenvalue weighted by atomic mass is 10.2. The highest BCUT2D eigenvalue weighted by molar-refractivity contribution is 7.90. The molecule has 128 valence electrons. The minimum atomic E-state index is -3.34. The molecule has 2 aromatic rings. The number of amides is 1. The summed E-state index contributed by atoms with van der Waals surface area (Å²) in [6.45, 7) is 6.02. The lowest BCUT2D eigenvalue weighted by Crippen LogP contribution is -2.21. The first-order chi connectivity index (χ1) is 11.3. The molecule has 0 aliphatic rings. The van der Waals surface area contributed by atoms with Crippen LogP contribution in [0.25, 0.3) is 0 Å². The SMILES string of the molecule is CCN(CC)c1ccc(NC(=O)c2cccc(S(C)(=O)=O)c2)cc1. The van der Waals surface area contributed by atoms with E-state index in [1.807, 2.05) is 24.3 Å². The Morgan fingerprint density at radius 2 is 1.67 bits per heavy atom. The molecule has 0 fully saturated rings. The molecule has 0 aliphatic carbocycles. The largest absolute Gasteiger partial charge is 0.372 e. The molecule has 1 N–H and O–H groups in total. The normalized spacial score (nSPS) is 11.1. The van der Waals surface area contributed by atoms with Gasteiger partial charge in [0, 0.05) is 36.3 Å². The molecule has 0 radical (unpaired) electrons. The molecule has 5 nitrogen and oxygen atoms in total. The number of sulfone groups is 1. The predicted octanol–water partition coefficient (Wildman–Crippen LogP) is 3.19. The van der Waals surface area contributed by atoms with Gasteiger partial charge in [-0.25, -0.2) is 8.42 Å². The molecular formula is C18H22N2O3S. The molecule has 0 heterocycles. The molecule has 0 aromatic heterocycles. The Labute approximate surface area is 143 Å². The smallest absolute Gasteiger partial charge is 0.255 e. The lowest BCUT2D eigenvalue weighted by Gasteiger charge is -2.21. The van der Waals surface area contributed by atoms with Crippen molar-refractivity contribution in [3.8, 4) is 0 Å². The summed E-state index contributed by atoms with van der Waals surface area (Å²) in [4.78, 5) is 14.6. The number of carbonyl (C=O) groups excluding carboxylic acids is 1. The molecular weight excluding hydrogens is 324 g/mol. The highest BCUT2D eigenvalue weighted by atomic mass is 32.2. The number of hydrogen-bond donors (Lipinski definition) is 1. The van der Waals surface area contributed by atoms with Gasteiger partial charge in [0.15, 0.2) is 9.84 Å². The molecule has 1 amide bonds. The summed E-state index contributed by atoms with van der Waals surface area (Å²) >= 11 is 0. The van der Waals surface area contributed by atoms with E-state index in [1.165, 1.54) is 12.1 Å². The van der Waals surface area contributed by atoms with Gasteiger partial charge in [-0.15, -0.1) is 0 Å². The van der Waals surface area contributed by atoms with Crippen LogP contribution in [0.5, 0.6) is 0 Å². The third kappa shape index (κ3) is 4.35. The highest BCUT2D eigenvalue weighted by Crippen LogP contribution is 2.19. The van der Waals surface area contributed by atoms with Crippen molar-refractivity contribution in [1.82, 2.24) is 0 Å². The fraction of sp³-hybridized carbons (Fsp3) is 0.278. The topological polar surface area (TPSA) is 66.5 Å². The van der Waals surface area contributed by atoms with Crippen molar-refractivity contribution in [1.29, 1.82) is 0 Å². The molecule has 0 atom stereocenters. The van der Waals surface area contributed by atoms with Crippen LogP contribution in [0, 0.1) is 0 Å². The van der Waals surface area contributed by atoms with E-state index in [9.17, 15) is 13.2 Å². The van der Waals surface area contributed by atoms with Crippen LogP contribution in [0.1, 0.15) is 24.2 Å².